The number of amides is 1. The molecule has 136 valence electrons. The van der Waals surface area contributed by atoms with Crippen LogP contribution < -0.4 is 10.6 Å². The van der Waals surface area contributed by atoms with Crippen molar-refractivity contribution in [2.75, 3.05) is 11.9 Å². The van der Waals surface area contributed by atoms with Crippen LogP contribution in [0.1, 0.15) is 20.1 Å². The molecule has 4 nitrogen and oxygen atoms in total. The van der Waals surface area contributed by atoms with Crippen LogP contribution in [-0.2, 0) is 13.0 Å². The number of aromatic nitrogens is 1. The van der Waals surface area contributed by atoms with Crippen molar-refractivity contribution in [3.05, 3.63) is 81.6 Å². The molecule has 1 amide bonds. The Morgan fingerprint density at radius 2 is 1.96 bits per heavy atom. The van der Waals surface area contributed by atoms with Crippen LogP contribution in [0.25, 0.3) is 10.1 Å². The Balaban J connectivity index is 1.38. The van der Waals surface area contributed by atoms with Crippen LogP contribution in [0.2, 0.25) is 0 Å². The summed E-state index contributed by atoms with van der Waals surface area (Å²) in [4.78, 5) is 18.5. The number of carbonyl (C=O) groups excluding carboxylic acids is 1. The zero-order chi connectivity index (χ0) is 18.5. The maximum atomic E-state index is 12.4. The predicted molar refractivity (Wildman–Crippen MR) is 114 cm³/mol. The number of carbonyl (C=O) groups is 1. The van der Waals surface area contributed by atoms with E-state index >= 15 is 0 Å². The van der Waals surface area contributed by atoms with Gasteiger partial charge in [0.15, 0.2) is 0 Å². The second-order valence-electron chi connectivity index (χ2n) is 6.16. The van der Waals surface area contributed by atoms with E-state index in [2.05, 4.69) is 45.3 Å². The lowest BCUT2D eigenvalue weighted by Gasteiger charge is -2.06. The van der Waals surface area contributed by atoms with Crippen molar-refractivity contribution in [3.63, 3.8) is 0 Å². The Morgan fingerprint density at radius 3 is 2.78 bits per heavy atom. The first-order valence-electron chi connectivity index (χ1n) is 8.75. The molecule has 0 radical (unpaired) electrons. The first-order chi connectivity index (χ1) is 13.3. The molecule has 0 unspecified atom stereocenters. The van der Waals surface area contributed by atoms with Crippen LogP contribution in [0, 0.1) is 0 Å². The molecule has 0 bridgehead atoms. The summed E-state index contributed by atoms with van der Waals surface area (Å²) in [5.41, 5.74) is 2.22. The van der Waals surface area contributed by atoms with E-state index in [4.69, 9.17) is 0 Å². The summed E-state index contributed by atoms with van der Waals surface area (Å²) in [6, 6.07) is 16.3. The van der Waals surface area contributed by atoms with Crippen molar-refractivity contribution in [2.45, 2.75) is 13.0 Å². The normalized spacial score (nSPS) is 10.8. The Morgan fingerprint density at radius 1 is 1.07 bits per heavy atom. The van der Waals surface area contributed by atoms with Gasteiger partial charge in [0.05, 0.1) is 4.88 Å². The average Bonchev–Trinajstić information content (AvgIpc) is 3.36. The molecule has 2 N–H and O–H groups in total. The lowest BCUT2D eigenvalue weighted by atomic mass is 10.2. The lowest BCUT2D eigenvalue weighted by molar-refractivity contribution is 0.0958. The molecule has 6 heteroatoms. The fourth-order valence-corrected chi connectivity index (χ4v) is 4.48. The van der Waals surface area contributed by atoms with Crippen molar-refractivity contribution >= 4 is 44.4 Å². The minimum atomic E-state index is -0.000879. The Kier molecular flexibility index (Phi) is 5.46. The number of benzene rings is 1. The summed E-state index contributed by atoms with van der Waals surface area (Å²) in [6.07, 6.45) is 4.46. The van der Waals surface area contributed by atoms with Gasteiger partial charge in [0.2, 0.25) is 0 Å². The summed E-state index contributed by atoms with van der Waals surface area (Å²) in [5.74, 6) is -0.000879. The van der Waals surface area contributed by atoms with Gasteiger partial charge in [-0.1, -0.05) is 6.07 Å². The second kappa shape index (κ2) is 8.33. The molecule has 0 atom stereocenters. The van der Waals surface area contributed by atoms with Gasteiger partial charge in [0.1, 0.15) is 0 Å². The molecule has 0 fully saturated rings. The van der Waals surface area contributed by atoms with Gasteiger partial charge in [-0.25, -0.2) is 0 Å². The number of thiophene rings is 2. The Bertz CT molecular complexity index is 1030. The lowest BCUT2D eigenvalue weighted by Crippen LogP contribution is -2.24. The number of rotatable bonds is 7. The van der Waals surface area contributed by atoms with Crippen LogP contribution in [0.4, 0.5) is 5.69 Å². The van der Waals surface area contributed by atoms with Crippen LogP contribution >= 0.6 is 22.7 Å². The largest absolute Gasteiger partial charge is 0.381 e. The number of hydrogen-bond acceptors (Lipinski definition) is 5. The zero-order valence-corrected chi connectivity index (χ0v) is 16.3. The number of fused-ring (bicyclic) bond motifs is 1. The SMILES string of the molecule is O=C(NCCc1cccs1)c1cc2cc(NCc3ccncc3)ccc2s1. The van der Waals surface area contributed by atoms with E-state index in [1.807, 2.05) is 24.3 Å². The fraction of sp³-hybridized carbons (Fsp3) is 0.143. The maximum Gasteiger partial charge on any atom is 0.261 e. The van der Waals surface area contributed by atoms with E-state index in [0.717, 1.165) is 33.6 Å². The molecular formula is C21H19N3OS2. The van der Waals surface area contributed by atoms with Crippen LogP contribution in [0.5, 0.6) is 0 Å². The summed E-state index contributed by atoms with van der Waals surface area (Å²) >= 11 is 3.25. The molecule has 0 aliphatic heterocycles. The van der Waals surface area contributed by atoms with Crippen LogP contribution in [-0.4, -0.2) is 17.4 Å². The molecule has 3 aromatic heterocycles. The maximum absolute atomic E-state index is 12.4. The topological polar surface area (TPSA) is 54.0 Å². The van der Waals surface area contributed by atoms with Gasteiger partial charge in [0, 0.05) is 40.7 Å². The number of anilines is 1. The summed E-state index contributed by atoms with van der Waals surface area (Å²) in [7, 11) is 0. The van der Waals surface area contributed by atoms with Gasteiger partial charge in [-0.3, -0.25) is 9.78 Å². The Hall–Kier alpha value is -2.70. The van der Waals surface area contributed by atoms with Crippen molar-refractivity contribution in [2.24, 2.45) is 0 Å². The third-order valence-electron chi connectivity index (χ3n) is 4.22. The quantitative estimate of drug-likeness (QED) is 0.467. The number of hydrogen-bond donors (Lipinski definition) is 2. The first kappa shape index (κ1) is 17.7. The minimum Gasteiger partial charge on any atom is -0.381 e. The molecule has 0 spiro atoms. The molecule has 1 aromatic carbocycles. The fourth-order valence-electron chi connectivity index (χ4n) is 2.81. The van der Waals surface area contributed by atoms with E-state index in [1.165, 1.54) is 21.8 Å². The van der Waals surface area contributed by atoms with E-state index in [9.17, 15) is 4.79 Å². The molecule has 0 aliphatic rings. The summed E-state index contributed by atoms with van der Waals surface area (Å²) < 4.78 is 1.12. The minimum absolute atomic E-state index is 0.000879. The van der Waals surface area contributed by atoms with Gasteiger partial charge in [-0.2, -0.15) is 0 Å². The summed E-state index contributed by atoms with van der Waals surface area (Å²) in [5, 5.41) is 9.58. The highest BCUT2D eigenvalue weighted by Crippen LogP contribution is 2.28. The van der Waals surface area contributed by atoms with Gasteiger partial charge in [-0.05, 0) is 65.2 Å². The smallest absolute Gasteiger partial charge is 0.261 e. The number of pyridine rings is 1. The van der Waals surface area contributed by atoms with Gasteiger partial charge in [0.25, 0.3) is 5.91 Å². The standard InChI is InChI=1S/C21H19N3OS2/c25-21(23-10-7-18-2-1-11-26-18)20-13-16-12-17(3-4-19(16)27-20)24-14-15-5-8-22-9-6-15/h1-6,8-9,11-13,24H,7,10,14H2,(H,23,25). The van der Waals surface area contributed by atoms with Crippen LogP contribution in [0.15, 0.2) is 66.3 Å². The second-order valence-corrected chi connectivity index (χ2v) is 8.27. The highest BCUT2D eigenvalue weighted by atomic mass is 32.1. The van der Waals surface area contributed by atoms with Crippen molar-refractivity contribution in [1.29, 1.82) is 0 Å². The molecule has 4 rings (SSSR count). The van der Waals surface area contributed by atoms with Crippen LogP contribution in [0.3, 0.4) is 0 Å². The monoisotopic (exact) mass is 393 g/mol. The van der Waals surface area contributed by atoms with E-state index in [0.29, 0.717) is 6.54 Å². The van der Waals surface area contributed by atoms with Crippen molar-refractivity contribution < 1.29 is 4.79 Å². The summed E-state index contributed by atoms with van der Waals surface area (Å²) in [6.45, 7) is 1.40. The van der Waals surface area contributed by atoms with Gasteiger partial charge < -0.3 is 10.6 Å². The Labute approximate surface area is 165 Å². The first-order valence-corrected chi connectivity index (χ1v) is 10.4. The van der Waals surface area contributed by atoms with Gasteiger partial charge >= 0.3 is 0 Å². The molecule has 4 aromatic rings. The third kappa shape index (κ3) is 4.53. The van der Waals surface area contributed by atoms with E-state index in [-0.39, 0.29) is 5.91 Å². The van der Waals surface area contributed by atoms with Gasteiger partial charge in [-0.15, -0.1) is 22.7 Å². The predicted octanol–water partition coefficient (Wildman–Crippen LogP) is 4.94. The molecule has 3 heterocycles. The molecule has 0 aliphatic carbocycles. The molecular weight excluding hydrogens is 374 g/mol. The molecule has 0 saturated heterocycles. The molecule has 0 saturated carbocycles. The molecule has 27 heavy (non-hydrogen) atoms. The number of nitrogens with one attached hydrogen (secondary N) is 2. The third-order valence-corrected chi connectivity index (χ3v) is 6.27. The highest BCUT2D eigenvalue weighted by molar-refractivity contribution is 7.20. The average molecular weight is 394 g/mol. The van der Waals surface area contributed by atoms with Crippen molar-refractivity contribution in [1.82, 2.24) is 10.3 Å². The van der Waals surface area contributed by atoms with E-state index in [1.54, 1.807) is 23.7 Å². The van der Waals surface area contributed by atoms with E-state index < -0.39 is 0 Å². The number of nitrogens with zero attached hydrogens (tertiary/aromatic N) is 1. The van der Waals surface area contributed by atoms with Crippen molar-refractivity contribution in [3.8, 4) is 0 Å². The highest BCUT2D eigenvalue weighted by Gasteiger charge is 2.10. The zero-order valence-electron chi connectivity index (χ0n) is 14.6.